The van der Waals surface area contributed by atoms with E-state index in [0.717, 1.165) is 59.5 Å². The van der Waals surface area contributed by atoms with Gasteiger partial charge < -0.3 is 19.7 Å². The lowest BCUT2D eigenvalue weighted by Crippen LogP contribution is -2.26. The van der Waals surface area contributed by atoms with E-state index in [9.17, 15) is 4.79 Å². The van der Waals surface area contributed by atoms with E-state index in [4.69, 9.17) is 0 Å². The molecule has 0 amide bonds. The van der Waals surface area contributed by atoms with Crippen LogP contribution in [0.25, 0.3) is 20.7 Å². The molecule has 2 atom stereocenters. The highest BCUT2D eigenvalue weighted by Gasteiger charge is 2.38. The van der Waals surface area contributed by atoms with Crippen LogP contribution in [0.4, 0.5) is 21.8 Å². The number of fused-ring (bicyclic) bond motifs is 2. The SMILES string of the molecule is Cc1c(-c2nc(Nc3ccc(N4C[C@H]5CN(C)C[C@H]5C4)cn3)ncc2F)sc2c(C(C)C)cn(C)c(=O)c12. The Bertz CT molecular complexity index is 1570. The summed E-state index contributed by atoms with van der Waals surface area (Å²) in [5.74, 6) is 1.99. The zero-order valence-corrected chi connectivity index (χ0v) is 23.1. The highest BCUT2D eigenvalue weighted by Crippen LogP contribution is 2.40. The van der Waals surface area contributed by atoms with Gasteiger partial charge >= 0.3 is 0 Å². The molecule has 38 heavy (non-hydrogen) atoms. The van der Waals surface area contributed by atoms with Gasteiger partial charge in [-0.3, -0.25) is 4.79 Å². The molecule has 0 saturated carbocycles. The fourth-order valence-electron chi connectivity index (χ4n) is 5.90. The molecule has 2 saturated heterocycles. The van der Waals surface area contributed by atoms with Crippen LogP contribution in [0.15, 0.2) is 35.5 Å². The first-order valence-corrected chi connectivity index (χ1v) is 13.8. The van der Waals surface area contributed by atoms with Crippen LogP contribution in [0, 0.1) is 24.6 Å². The summed E-state index contributed by atoms with van der Waals surface area (Å²) in [5, 5.41) is 3.75. The van der Waals surface area contributed by atoms with Crippen LogP contribution in [-0.4, -0.2) is 57.6 Å². The second-order valence-electron chi connectivity index (χ2n) is 11.0. The number of pyridine rings is 2. The molecular weight excluding hydrogens is 501 g/mol. The summed E-state index contributed by atoms with van der Waals surface area (Å²) in [6.07, 6.45) is 4.92. The van der Waals surface area contributed by atoms with Crippen molar-refractivity contribution in [3.63, 3.8) is 0 Å². The van der Waals surface area contributed by atoms with Crippen LogP contribution in [0.5, 0.6) is 0 Å². The van der Waals surface area contributed by atoms with Gasteiger partial charge in [-0.2, -0.15) is 0 Å². The molecule has 0 unspecified atom stereocenters. The van der Waals surface area contributed by atoms with Gasteiger partial charge in [-0.1, -0.05) is 13.8 Å². The standard InChI is InChI=1S/C28H32FN7OS/c1-15(2)20-14-35(5)27(37)23-16(3)25(38-26(20)23)24-21(29)9-31-28(33-24)32-22-7-6-19(8-30-22)36-12-17-10-34(4)11-18(17)13-36/h6-9,14-15,17-18H,10-13H2,1-5H3,(H,30,31,32,33)/t17-,18+. The number of aryl methyl sites for hydroxylation is 2. The van der Waals surface area contributed by atoms with E-state index >= 15 is 4.39 Å². The molecule has 2 aliphatic rings. The van der Waals surface area contributed by atoms with Crippen molar-refractivity contribution in [3.05, 3.63) is 58.0 Å². The summed E-state index contributed by atoms with van der Waals surface area (Å²) in [6.45, 7) is 10.5. The lowest BCUT2D eigenvalue weighted by atomic mass is 10.0. The third-order valence-corrected chi connectivity index (χ3v) is 9.23. The molecule has 0 aliphatic carbocycles. The maximum absolute atomic E-state index is 15.0. The van der Waals surface area contributed by atoms with Gasteiger partial charge in [0.25, 0.3) is 5.56 Å². The van der Waals surface area contributed by atoms with Crippen LogP contribution >= 0.6 is 11.3 Å². The summed E-state index contributed by atoms with van der Waals surface area (Å²) < 4.78 is 17.5. The number of thiophene rings is 1. The number of hydrogen-bond donors (Lipinski definition) is 1. The predicted molar refractivity (Wildman–Crippen MR) is 151 cm³/mol. The van der Waals surface area contributed by atoms with Crippen molar-refractivity contribution in [2.75, 3.05) is 43.4 Å². The fraction of sp³-hybridized carbons (Fsp3) is 0.429. The molecule has 0 aromatic carbocycles. The van der Waals surface area contributed by atoms with Crippen molar-refractivity contribution >= 4 is 38.9 Å². The van der Waals surface area contributed by atoms with Gasteiger partial charge in [-0.25, -0.2) is 19.3 Å². The first-order valence-electron chi connectivity index (χ1n) is 13.0. The summed E-state index contributed by atoms with van der Waals surface area (Å²) in [4.78, 5) is 31.7. The molecule has 198 valence electrons. The first-order chi connectivity index (χ1) is 18.2. The molecule has 2 aliphatic heterocycles. The number of hydrogen-bond acceptors (Lipinski definition) is 8. The molecule has 4 aromatic heterocycles. The quantitative estimate of drug-likeness (QED) is 0.396. The van der Waals surface area contributed by atoms with Gasteiger partial charge in [-0.15, -0.1) is 11.3 Å². The number of nitrogens with one attached hydrogen (secondary N) is 1. The monoisotopic (exact) mass is 533 g/mol. The van der Waals surface area contributed by atoms with Crippen molar-refractivity contribution in [2.45, 2.75) is 26.7 Å². The van der Waals surface area contributed by atoms with E-state index in [1.165, 1.54) is 17.5 Å². The van der Waals surface area contributed by atoms with E-state index in [0.29, 0.717) is 16.1 Å². The first kappa shape index (κ1) is 24.9. The van der Waals surface area contributed by atoms with Gasteiger partial charge in [0, 0.05) is 44.1 Å². The second kappa shape index (κ2) is 9.43. The Balaban J connectivity index is 1.27. The van der Waals surface area contributed by atoms with Crippen LogP contribution in [0.3, 0.4) is 0 Å². The Morgan fingerprint density at radius 2 is 1.82 bits per heavy atom. The molecule has 8 nitrogen and oxygen atoms in total. The van der Waals surface area contributed by atoms with Crippen LogP contribution in [-0.2, 0) is 7.05 Å². The summed E-state index contributed by atoms with van der Waals surface area (Å²) >= 11 is 1.41. The average molecular weight is 534 g/mol. The molecule has 0 bridgehead atoms. The van der Waals surface area contributed by atoms with Crippen molar-refractivity contribution in [1.29, 1.82) is 0 Å². The number of likely N-dealkylation sites (tertiary alicyclic amines) is 1. The molecule has 6 rings (SSSR count). The molecule has 2 fully saturated rings. The minimum Gasteiger partial charge on any atom is -0.370 e. The predicted octanol–water partition coefficient (Wildman–Crippen LogP) is 4.76. The van der Waals surface area contributed by atoms with Gasteiger partial charge in [0.2, 0.25) is 5.95 Å². The molecule has 10 heteroatoms. The zero-order chi connectivity index (χ0) is 26.7. The van der Waals surface area contributed by atoms with Gasteiger partial charge in [0.1, 0.15) is 11.5 Å². The fourth-order valence-corrected chi connectivity index (χ4v) is 7.35. The third-order valence-electron chi connectivity index (χ3n) is 7.88. The molecule has 0 spiro atoms. The normalized spacial score (nSPS) is 19.6. The van der Waals surface area contributed by atoms with E-state index in [2.05, 4.69) is 57.0 Å². The van der Waals surface area contributed by atoms with Crippen molar-refractivity contribution in [2.24, 2.45) is 18.9 Å². The Morgan fingerprint density at radius 3 is 2.47 bits per heavy atom. The molecule has 6 heterocycles. The summed E-state index contributed by atoms with van der Waals surface area (Å²) in [7, 11) is 3.95. The minimum absolute atomic E-state index is 0.0878. The Labute approximate surface area is 225 Å². The van der Waals surface area contributed by atoms with Crippen LogP contribution in [0.2, 0.25) is 0 Å². The van der Waals surface area contributed by atoms with E-state index in [1.54, 1.807) is 11.6 Å². The maximum atomic E-state index is 15.0. The highest BCUT2D eigenvalue weighted by molar-refractivity contribution is 7.22. The largest absolute Gasteiger partial charge is 0.370 e. The summed E-state index contributed by atoms with van der Waals surface area (Å²) in [6, 6.07) is 3.97. The van der Waals surface area contributed by atoms with Crippen molar-refractivity contribution in [3.8, 4) is 10.6 Å². The number of anilines is 3. The minimum atomic E-state index is -0.526. The Morgan fingerprint density at radius 1 is 1.08 bits per heavy atom. The lowest BCUT2D eigenvalue weighted by Gasteiger charge is -2.21. The van der Waals surface area contributed by atoms with Crippen molar-refractivity contribution in [1.82, 2.24) is 24.4 Å². The summed E-state index contributed by atoms with van der Waals surface area (Å²) in [5.41, 5.74) is 3.00. The van der Waals surface area contributed by atoms with Gasteiger partial charge in [-0.05, 0) is 55.0 Å². The third kappa shape index (κ3) is 4.25. The molecule has 1 N–H and O–H groups in total. The van der Waals surface area contributed by atoms with Crippen molar-refractivity contribution < 1.29 is 4.39 Å². The lowest BCUT2D eigenvalue weighted by molar-refractivity contribution is 0.387. The zero-order valence-electron chi connectivity index (χ0n) is 22.3. The maximum Gasteiger partial charge on any atom is 0.259 e. The number of rotatable bonds is 5. The number of halogens is 1. The average Bonchev–Trinajstić information content (AvgIpc) is 3.54. The van der Waals surface area contributed by atoms with Crippen LogP contribution < -0.4 is 15.8 Å². The topological polar surface area (TPSA) is 79.2 Å². The van der Waals surface area contributed by atoms with Crippen LogP contribution in [0.1, 0.15) is 30.9 Å². The van der Waals surface area contributed by atoms with Gasteiger partial charge in [0.05, 0.1) is 28.3 Å². The van der Waals surface area contributed by atoms with E-state index < -0.39 is 5.82 Å². The number of aromatic nitrogens is 4. The Kier molecular flexibility index (Phi) is 6.19. The van der Waals surface area contributed by atoms with Gasteiger partial charge in [0.15, 0.2) is 5.82 Å². The molecular formula is C28H32FN7OS. The van der Waals surface area contributed by atoms with E-state index in [-0.39, 0.29) is 23.1 Å². The second-order valence-corrected chi connectivity index (χ2v) is 12.0. The highest BCUT2D eigenvalue weighted by atomic mass is 32.1. The van der Waals surface area contributed by atoms with E-state index in [1.807, 2.05) is 25.4 Å². The molecule has 4 aromatic rings. The smallest absolute Gasteiger partial charge is 0.259 e. The molecule has 0 radical (unpaired) electrons. The Hall–Kier alpha value is -3.37. The number of nitrogens with zero attached hydrogens (tertiary/aromatic N) is 6.